The number of terminal acetylenes is 1. The molecule has 6 aliphatic rings. The average molecular weight is 1920 g/mol. The Bertz CT molecular complexity index is 2050. The molecule has 3 aliphatic heterocycles. The molecule has 0 radical (unpaired) electrons. The van der Waals surface area contributed by atoms with Gasteiger partial charge in [0.15, 0.2) is 5.78 Å². The standard InChI is InChI=1S/C16H22O4.C16H18O4.C10H12O3.C6H8O.CH4.CH3.7HI.2Li.3V/c2*1-12(5-7-17)4-6-16(18)13(2)10-15(11-14(16)3)19-8-9-20-15;1-7-5-10(12-3-4-13-10)6-8(2)9(7)11;1-3-6(2)4-5-7;;;;;;;;;;;;;;/h4-6,10-11,17-18H,7-9H2,1-3H3;5,10-11H,7-9H2,1-3H3;5-6H,3-4H2,1-2H3;1,4,7H,5H2,2H3;1H4;1H3;7*1H;;;;;/q;-2;;;;-1;;;;;;;;2*+1;2*+2;+3/p-7/b6-4+,12-5-;12-5-;;6-4-;;;;;;;;;;;;;;. The number of halogens is 7. The predicted octanol–water partition coefficient (Wildman–Crippen LogP) is 4.96. The van der Waals surface area contributed by atoms with Gasteiger partial charge in [-0.3, -0.25) is 4.79 Å². The molecule has 3 heterocycles. The molecule has 0 bridgehead atoms. The van der Waals surface area contributed by atoms with E-state index in [1.165, 1.54) is 6.08 Å². The zero-order valence-corrected chi connectivity index (χ0v) is 62.6. The van der Waals surface area contributed by atoms with Crippen LogP contribution in [-0.2, 0) is 57.1 Å². The molecule has 406 valence electrons. The van der Waals surface area contributed by atoms with E-state index in [9.17, 15) is 20.1 Å². The summed E-state index contributed by atoms with van der Waals surface area (Å²) in [7, 11) is 1.25. The predicted molar refractivity (Wildman–Crippen MR) is 336 cm³/mol. The number of Topliss-reactive ketones (excluding diaryl/α,β-unsaturated/α-hetero) is 1. The molecule has 3 aliphatic carbocycles. The van der Waals surface area contributed by atoms with Crippen LogP contribution in [0.15, 0.2) is 117 Å². The molecule has 6 rings (SSSR count). The second kappa shape index (κ2) is 46.1. The monoisotopic (exact) mass is 1910 g/mol. The van der Waals surface area contributed by atoms with Crippen LogP contribution in [0.1, 0.15) is 69.7 Å². The molecule has 3 spiro atoms. The molecular formula is C50H67I7Li2O12V3-. The summed E-state index contributed by atoms with van der Waals surface area (Å²) in [6.45, 7) is 19.1. The van der Waals surface area contributed by atoms with Crippen molar-refractivity contribution in [2.24, 2.45) is 0 Å². The largest absolute Gasteiger partial charge is 1.00 e. The van der Waals surface area contributed by atoms with Crippen LogP contribution >= 0.6 is 140 Å². The number of hydrogen-bond acceptors (Lipinski definition) is 12. The summed E-state index contributed by atoms with van der Waals surface area (Å²) < 4.78 is 33.3. The van der Waals surface area contributed by atoms with E-state index in [1.54, 1.807) is 90.2 Å². The minimum absolute atomic E-state index is 0. The molecule has 24 heteroatoms. The Morgan fingerprint density at radius 3 is 1.31 bits per heavy atom. The van der Waals surface area contributed by atoms with E-state index in [1.807, 2.05) is 32.9 Å². The fourth-order valence-electron chi connectivity index (χ4n) is 6.74. The summed E-state index contributed by atoms with van der Waals surface area (Å²) in [4.78, 5) is 11.1. The van der Waals surface area contributed by atoms with Gasteiger partial charge in [-0.15, -0.1) is 19.0 Å². The SMILES string of the molecule is C.C#C/C(C)=C\CO.CC1=CC2(C=C(C)C1(O)/C=C/C(C)=C\CO)OCCO2.CC1=CC2(C=C(C)C1([O-])C#C/C(C)=C\C[O-])OCCO2.CC1=CC2(C=C(C)C1=O)OCCO2.[CH3-].[I][V]([I])[I].[I][V][I].[I][V][I].[Li+].[Li+]. The Morgan fingerprint density at radius 2 is 1.01 bits per heavy atom. The molecule has 3 fully saturated rings. The van der Waals surface area contributed by atoms with Gasteiger partial charge in [0.2, 0.25) is 17.4 Å². The molecule has 0 aromatic heterocycles. The van der Waals surface area contributed by atoms with Crippen molar-refractivity contribution in [1.29, 1.82) is 0 Å². The Labute approximate surface area is 562 Å². The van der Waals surface area contributed by atoms with Crippen molar-refractivity contribution in [3.63, 3.8) is 0 Å². The molecule has 0 atom stereocenters. The number of aliphatic hydroxyl groups excluding tert-OH is 2. The van der Waals surface area contributed by atoms with Crippen molar-refractivity contribution >= 4 is 146 Å². The van der Waals surface area contributed by atoms with Crippen LogP contribution in [-0.4, -0.2) is 109 Å². The molecule has 0 aromatic carbocycles. The van der Waals surface area contributed by atoms with Crippen LogP contribution in [0, 0.1) is 31.6 Å². The molecule has 3 N–H and O–H groups in total. The fourth-order valence-corrected chi connectivity index (χ4v) is 6.74. The third kappa shape index (κ3) is 31.6. The zero-order valence-electron chi connectivity index (χ0n) is 43.3. The average Bonchev–Trinajstić information content (AvgIpc) is 4.06. The van der Waals surface area contributed by atoms with Gasteiger partial charge < -0.3 is 61.4 Å². The van der Waals surface area contributed by atoms with Crippen LogP contribution in [0.25, 0.3) is 0 Å². The zero-order chi connectivity index (χ0) is 53.8. The number of ether oxygens (including phenoxy) is 6. The van der Waals surface area contributed by atoms with Crippen molar-refractivity contribution in [2.45, 2.75) is 98.3 Å². The van der Waals surface area contributed by atoms with E-state index in [2.05, 4.69) is 158 Å². The van der Waals surface area contributed by atoms with E-state index in [4.69, 9.17) is 45.1 Å². The van der Waals surface area contributed by atoms with Gasteiger partial charge in [0.05, 0.1) is 52.9 Å². The van der Waals surface area contributed by atoms with Crippen molar-refractivity contribution in [2.75, 3.05) is 59.5 Å². The first kappa shape index (κ1) is 86.6. The van der Waals surface area contributed by atoms with Gasteiger partial charge in [-0.1, -0.05) is 54.2 Å². The fraction of sp³-hybridized carbons (Fsp3) is 0.480. The van der Waals surface area contributed by atoms with Crippen LogP contribution in [0.3, 0.4) is 0 Å². The second-order valence-corrected chi connectivity index (χ2v) is 74.2. The molecule has 0 unspecified atom stereocenters. The van der Waals surface area contributed by atoms with Crippen LogP contribution < -0.4 is 47.9 Å². The van der Waals surface area contributed by atoms with E-state index in [-0.39, 0.29) is 83.1 Å². The Morgan fingerprint density at radius 1 is 0.689 bits per heavy atom. The number of carbonyl (C=O) groups is 1. The van der Waals surface area contributed by atoms with Gasteiger partial charge in [0.1, 0.15) is 5.60 Å². The van der Waals surface area contributed by atoms with Crippen molar-refractivity contribution in [1.82, 2.24) is 0 Å². The number of ketones is 1. The summed E-state index contributed by atoms with van der Waals surface area (Å²) in [6, 6.07) is 0. The van der Waals surface area contributed by atoms with Crippen LogP contribution in [0.2, 0.25) is 0 Å². The number of rotatable bonds is 5. The third-order valence-electron chi connectivity index (χ3n) is 10.2. The number of allylic oxidation sites excluding steroid dienone is 6. The van der Waals surface area contributed by atoms with Crippen LogP contribution in [0.4, 0.5) is 0 Å². The maximum Gasteiger partial charge on any atom is 1.00 e. The van der Waals surface area contributed by atoms with Crippen LogP contribution in [0.5, 0.6) is 0 Å². The molecule has 0 aromatic rings. The number of carbonyl (C=O) groups excluding carboxylic acids is 1. The molecule has 0 saturated carbocycles. The van der Waals surface area contributed by atoms with Crippen molar-refractivity contribution in [3.05, 3.63) is 124 Å². The summed E-state index contributed by atoms with van der Waals surface area (Å²) in [5.41, 5.74) is 3.62. The smallest absolute Gasteiger partial charge is 1.00 e. The molecule has 74 heavy (non-hydrogen) atoms. The molecule has 12 nitrogen and oxygen atoms in total. The van der Waals surface area contributed by atoms with Gasteiger partial charge in [0.25, 0.3) is 0 Å². The number of hydrogen-bond donors (Lipinski definition) is 3. The summed E-state index contributed by atoms with van der Waals surface area (Å²) in [6.07, 6.45) is 23.7. The van der Waals surface area contributed by atoms with Gasteiger partial charge >= 0.3 is 201 Å². The third-order valence-corrected chi connectivity index (χ3v) is 10.2. The first-order valence-electron chi connectivity index (χ1n) is 20.9. The first-order chi connectivity index (χ1) is 32.8. The van der Waals surface area contributed by atoms with Gasteiger partial charge in [-0.05, 0) is 150 Å². The van der Waals surface area contributed by atoms with E-state index < -0.39 is 28.6 Å². The number of aliphatic hydroxyl groups is 3. The van der Waals surface area contributed by atoms with Gasteiger partial charge in [-0.2, -0.15) is 0 Å². The van der Waals surface area contributed by atoms with Gasteiger partial charge in [-0.25, -0.2) is 0 Å². The minimum atomic E-state index is -1.58. The van der Waals surface area contributed by atoms with E-state index in [0.717, 1.165) is 22.3 Å². The summed E-state index contributed by atoms with van der Waals surface area (Å²) >= 11 is 16.9. The normalized spacial score (nSPS) is 21.0. The maximum atomic E-state index is 12.9. The quantitative estimate of drug-likeness (QED) is 0.0844. The second-order valence-electron chi connectivity index (χ2n) is 15.3. The van der Waals surface area contributed by atoms with Crippen molar-refractivity contribution in [3.8, 4) is 24.2 Å². The van der Waals surface area contributed by atoms with Gasteiger partial charge in [0, 0.05) is 0 Å². The first-order valence-corrected chi connectivity index (χ1v) is 52.5. The molecular weight excluding hydrogens is 1850 g/mol. The molecule has 0 amide bonds. The summed E-state index contributed by atoms with van der Waals surface area (Å²) in [5.74, 6) is 5.48. The van der Waals surface area contributed by atoms with E-state index >= 15 is 0 Å². The molecule has 3 saturated heterocycles. The minimum Gasteiger partial charge on any atom is 1.00 e. The Hall–Kier alpha value is 3.81. The maximum absolute atomic E-state index is 12.9. The van der Waals surface area contributed by atoms with E-state index in [0.29, 0.717) is 86.4 Å². The Balaban J connectivity index is -0.000000275. The van der Waals surface area contributed by atoms with Crippen molar-refractivity contribution < 1.29 is 120 Å². The topological polar surface area (TPSA) is 179 Å². The Kier molecular flexibility index (Phi) is 54.0. The summed E-state index contributed by atoms with van der Waals surface area (Å²) in [5, 5.41) is 51.3.